The van der Waals surface area contributed by atoms with Gasteiger partial charge in [-0.2, -0.15) is 5.10 Å². The Morgan fingerprint density at radius 3 is 2.87 bits per heavy atom. The molecule has 1 aliphatic heterocycles. The molecule has 30 heavy (non-hydrogen) atoms. The maximum absolute atomic E-state index is 12.9. The summed E-state index contributed by atoms with van der Waals surface area (Å²) in [5.41, 5.74) is 3.19. The van der Waals surface area contributed by atoms with Crippen LogP contribution in [0, 0.1) is 19.7 Å². The molecule has 2 aromatic heterocycles. The molecule has 0 saturated carbocycles. The molecule has 1 atom stereocenters. The van der Waals surface area contributed by atoms with Crippen molar-refractivity contribution in [2.45, 2.75) is 32.6 Å². The predicted octanol–water partition coefficient (Wildman–Crippen LogP) is 3.21. The van der Waals surface area contributed by atoms with Crippen LogP contribution < -0.4 is 4.74 Å². The lowest BCUT2D eigenvalue weighted by Gasteiger charge is -2.17. The number of aromatic nitrogens is 4. The summed E-state index contributed by atoms with van der Waals surface area (Å²) >= 11 is 0. The molecule has 0 unspecified atom stereocenters. The third-order valence-corrected chi connectivity index (χ3v) is 5.33. The SMILES string of the molecule is Cc1ncc(C(=O)N2CC[C@H](c3cc(CCOc4ccc(F)cc4)[nH]n3)C2)c(C)n1. The molecule has 0 bridgehead atoms. The van der Waals surface area contributed by atoms with Gasteiger partial charge in [-0.3, -0.25) is 9.89 Å². The van der Waals surface area contributed by atoms with E-state index in [9.17, 15) is 9.18 Å². The second-order valence-electron chi connectivity index (χ2n) is 7.52. The number of likely N-dealkylation sites (tertiary alicyclic amines) is 1. The number of carbonyl (C=O) groups is 1. The molecule has 1 saturated heterocycles. The molecule has 3 aromatic rings. The third kappa shape index (κ3) is 4.48. The zero-order chi connectivity index (χ0) is 21.1. The van der Waals surface area contributed by atoms with Crippen molar-refractivity contribution in [3.63, 3.8) is 0 Å². The van der Waals surface area contributed by atoms with E-state index in [1.807, 2.05) is 24.8 Å². The Morgan fingerprint density at radius 2 is 2.10 bits per heavy atom. The van der Waals surface area contributed by atoms with E-state index < -0.39 is 0 Å². The van der Waals surface area contributed by atoms with Gasteiger partial charge in [0.1, 0.15) is 17.4 Å². The van der Waals surface area contributed by atoms with Gasteiger partial charge in [0.05, 0.1) is 23.6 Å². The number of amides is 1. The first kappa shape index (κ1) is 20.0. The number of H-pyrrole nitrogens is 1. The maximum atomic E-state index is 12.9. The average molecular weight is 409 g/mol. The number of ether oxygens (including phenoxy) is 1. The number of nitrogens with zero attached hydrogens (tertiary/aromatic N) is 4. The smallest absolute Gasteiger partial charge is 0.257 e. The summed E-state index contributed by atoms with van der Waals surface area (Å²) in [5.74, 6) is 1.18. The van der Waals surface area contributed by atoms with E-state index in [0.29, 0.717) is 48.9 Å². The van der Waals surface area contributed by atoms with Crippen LogP contribution in [-0.2, 0) is 6.42 Å². The quantitative estimate of drug-likeness (QED) is 0.676. The standard InChI is InChI=1S/C22H24FN5O2/c1-14-20(12-24-15(2)25-14)22(29)28-9-7-16(13-28)21-11-18(26-27-21)8-10-30-19-5-3-17(23)4-6-19/h3-6,11-12,16H,7-10,13H2,1-2H3,(H,26,27)/t16-/m0/s1. The zero-order valence-corrected chi connectivity index (χ0v) is 17.1. The molecule has 4 rings (SSSR count). The number of hydrogen-bond acceptors (Lipinski definition) is 5. The Labute approximate surface area is 174 Å². The summed E-state index contributed by atoms with van der Waals surface area (Å²) in [6.45, 7) is 5.43. The highest BCUT2D eigenvalue weighted by atomic mass is 19.1. The molecule has 0 spiro atoms. The number of carbonyl (C=O) groups excluding carboxylic acids is 1. The first-order chi connectivity index (χ1) is 14.5. The molecule has 1 aliphatic rings. The molecule has 7 nitrogen and oxygen atoms in total. The van der Waals surface area contributed by atoms with Crippen LogP contribution in [-0.4, -0.2) is 50.7 Å². The molecular weight excluding hydrogens is 385 g/mol. The summed E-state index contributed by atoms with van der Waals surface area (Å²) in [5, 5.41) is 7.49. The van der Waals surface area contributed by atoms with Crippen LogP contribution in [0.25, 0.3) is 0 Å². The number of rotatable bonds is 6. The molecule has 1 N–H and O–H groups in total. The van der Waals surface area contributed by atoms with Gasteiger partial charge in [0.2, 0.25) is 0 Å². The molecule has 0 aliphatic carbocycles. The third-order valence-electron chi connectivity index (χ3n) is 5.33. The molecule has 156 valence electrons. The highest BCUT2D eigenvalue weighted by molar-refractivity contribution is 5.95. The maximum Gasteiger partial charge on any atom is 0.257 e. The molecule has 1 amide bonds. The summed E-state index contributed by atoms with van der Waals surface area (Å²) in [6, 6.07) is 8.01. The van der Waals surface area contributed by atoms with Gasteiger partial charge in [-0.15, -0.1) is 0 Å². The Bertz CT molecular complexity index is 1030. The van der Waals surface area contributed by atoms with Crippen LogP contribution >= 0.6 is 0 Å². The molecule has 8 heteroatoms. The largest absolute Gasteiger partial charge is 0.493 e. The summed E-state index contributed by atoms with van der Waals surface area (Å²) < 4.78 is 18.6. The fraction of sp³-hybridized carbons (Fsp3) is 0.364. The van der Waals surface area contributed by atoms with Gasteiger partial charge in [0.25, 0.3) is 5.91 Å². The number of benzene rings is 1. The van der Waals surface area contributed by atoms with Gasteiger partial charge >= 0.3 is 0 Å². The lowest BCUT2D eigenvalue weighted by atomic mass is 10.0. The van der Waals surface area contributed by atoms with E-state index in [2.05, 4.69) is 20.2 Å². The summed E-state index contributed by atoms with van der Waals surface area (Å²) in [4.78, 5) is 23.1. The molecule has 3 heterocycles. The van der Waals surface area contributed by atoms with Crippen molar-refractivity contribution in [3.8, 4) is 5.75 Å². The van der Waals surface area contributed by atoms with Gasteiger partial charge in [-0.1, -0.05) is 0 Å². The minimum atomic E-state index is -0.283. The minimum absolute atomic E-state index is 0.0292. The molecular formula is C22H24FN5O2. The number of halogens is 1. The highest BCUT2D eigenvalue weighted by Crippen LogP contribution is 2.27. The normalized spacial score (nSPS) is 16.1. The number of aromatic amines is 1. The van der Waals surface area contributed by atoms with Crippen LogP contribution in [0.15, 0.2) is 36.5 Å². The molecule has 1 fully saturated rings. The Hall–Kier alpha value is -3.29. The molecule has 0 radical (unpaired) electrons. The van der Waals surface area contributed by atoms with Gasteiger partial charge in [-0.25, -0.2) is 14.4 Å². The fourth-order valence-corrected chi connectivity index (χ4v) is 3.68. The van der Waals surface area contributed by atoms with Gasteiger partial charge < -0.3 is 9.64 Å². The van der Waals surface area contributed by atoms with Crippen molar-refractivity contribution < 1.29 is 13.9 Å². The minimum Gasteiger partial charge on any atom is -0.493 e. The van der Waals surface area contributed by atoms with E-state index in [1.54, 1.807) is 18.3 Å². The van der Waals surface area contributed by atoms with Crippen LogP contribution in [0.3, 0.4) is 0 Å². The van der Waals surface area contributed by atoms with E-state index in [1.165, 1.54) is 12.1 Å². The van der Waals surface area contributed by atoms with Gasteiger partial charge in [0, 0.05) is 37.3 Å². The zero-order valence-electron chi connectivity index (χ0n) is 17.1. The van der Waals surface area contributed by atoms with E-state index in [0.717, 1.165) is 17.8 Å². The number of hydrogen-bond donors (Lipinski definition) is 1. The Morgan fingerprint density at radius 1 is 1.30 bits per heavy atom. The molecule has 1 aromatic carbocycles. The second-order valence-corrected chi connectivity index (χ2v) is 7.52. The Balaban J connectivity index is 1.32. The predicted molar refractivity (Wildman–Crippen MR) is 109 cm³/mol. The van der Waals surface area contributed by atoms with E-state index >= 15 is 0 Å². The van der Waals surface area contributed by atoms with Gasteiger partial charge in [0.15, 0.2) is 0 Å². The number of aryl methyl sites for hydroxylation is 2. The van der Waals surface area contributed by atoms with Crippen LogP contribution in [0.2, 0.25) is 0 Å². The van der Waals surface area contributed by atoms with E-state index in [4.69, 9.17) is 4.74 Å². The van der Waals surface area contributed by atoms with Crippen molar-refractivity contribution in [3.05, 3.63) is 70.8 Å². The van der Waals surface area contributed by atoms with E-state index in [-0.39, 0.29) is 17.6 Å². The summed E-state index contributed by atoms with van der Waals surface area (Å²) in [6.07, 6.45) is 3.15. The second kappa shape index (κ2) is 8.61. The van der Waals surface area contributed by atoms with Crippen molar-refractivity contribution in [2.24, 2.45) is 0 Å². The first-order valence-electron chi connectivity index (χ1n) is 10.0. The van der Waals surface area contributed by atoms with Gasteiger partial charge in [-0.05, 0) is 50.6 Å². The summed E-state index contributed by atoms with van der Waals surface area (Å²) in [7, 11) is 0. The number of nitrogens with one attached hydrogen (secondary N) is 1. The average Bonchev–Trinajstić information content (AvgIpc) is 3.39. The van der Waals surface area contributed by atoms with Crippen molar-refractivity contribution in [2.75, 3.05) is 19.7 Å². The monoisotopic (exact) mass is 409 g/mol. The van der Waals surface area contributed by atoms with Crippen LogP contribution in [0.1, 0.15) is 45.6 Å². The first-order valence-corrected chi connectivity index (χ1v) is 10.0. The lowest BCUT2D eigenvalue weighted by Crippen LogP contribution is -2.29. The van der Waals surface area contributed by atoms with Crippen LogP contribution in [0.5, 0.6) is 5.75 Å². The van der Waals surface area contributed by atoms with Crippen molar-refractivity contribution >= 4 is 5.91 Å². The highest BCUT2D eigenvalue weighted by Gasteiger charge is 2.30. The topological polar surface area (TPSA) is 84.0 Å². The van der Waals surface area contributed by atoms with Crippen LogP contribution in [0.4, 0.5) is 4.39 Å². The van der Waals surface area contributed by atoms with Crippen molar-refractivity contribution in [1.82, 2.24) is 25.1 Å². The fourth-order valence-electron chi connectivity index (χ4n) is 3.68. The van der Waals surface area contributed by atoms with Crippen molar-refractivity contribution in [1.29, 1.82) is 0 Å². The Kier molecular flexibility index (Phi) is 5.74. The lowest BCUT2D eigenvalue weighted by molar-refractivity contribution is 0.0789.